The molecule has 4 nitrogen and oxygen atoms in total. The Morgan fingerprint density at radius 3 is 2.55 bits per heavy atom. The van der Waals surface area contributed by atoms with Crippen LogP contribution >= 0.6 is 0 Å². The molecule has 0 radical (unpaired) electrons. The number of hydrogen-bond acceptors (Lipinski definition) is 2. The van der Waals surface area contributed by atoms with Crippen molar-refractivity contribution in [3.8, 4) is 0 Å². The zero-order valence-electron chi connectivity index (χ0n) is 17.0. The lowest BCUT2D eigenvalue weighted by Crippen LogP contribution is -2.48. The quantitative estimate of drug-likeness (QED) is 0.550. The Kier molecular flexibility index (Phi) is 7.99. The van der Waals surface area contributed by atoms with Crippen LogP contribution in [0.15, 0.2) is 53.5 Å². The molecule has 0 aromatic heterocycles. The van der Waals surface area contributed by atoms with Gasteiger partial charge in [0, 0.05) is 44.8 Å². The third-order valence-corrected chi connectivity index (χ3v) is 5.19. The molecule has 0 amide bonds. The van der Waals surface area contributed by atoms with Crippen LogP contribution in [0, 0.1) is 11.6 Å². The minimum Gasteiger partial charge on any atom is -0.357 e. The first-order chi connectivity index (χ1) is 14.1. The van der Waals surface area contributed by atoms with Crippen molar-refractivity contribution in [3.05, 3.63) is 71.3 Å². The molecule has 0 bridgehead atoms. The summed E-state index contributed by atoms with van der Waals surface area (Å²) < 4.78 is 26.8. The van der Waals surface area contributed by atoms with E-state index in [1.165, 1.54) is 17.7 Å². The Labute approximate surface area is 172 Å². The van der Waals surface area contributed by atoms with Crippen LogP contribution in [0.25, 0.3) is 0 Å². The Hall–Kier alpha value is -2.47. The smallest absolute Gasteiger partial charge is 0.191 e. The number of benzene rings is 2. The van der Waals surface area contributed by atoms with Gasteiger partial charge in [0.25, 0.3) is 0 Å². The topological polar surface area (TPSA) is 39.7 Å². The number of nitrogens with zero attached hydrogens (tertiary/aromatic N) is 2. The number of aliphatic imine (C=N–C) groups is 1. The maximum absolute atomic E-state index is 13.8. The predicted molar refractivity (Wildman–Crippen MR) is 114 cm³/mol. The van der Waals surface area contributed by atoms with Gasteiger partial charge >= 0.3 is 0 Å². The maximum Gasteiger partial charge on any atom is 0.191 e. The number of nitrogens with one attached hydrogen (secondary N) is 2. The van der Waals surface area contributed by atoms with E-state index in [4.69, 9.17) is 0 Å². The van der Waals surface area contributed by atoms with E-state index >= 15 is 0 Å². The van der Waals surface area contributed by atoms with Gasteiger partial charge in [-0.3, -0.25) is 9.89 Å². The van der Waals surface area contributed by atoms with E-state index in [1.54, 1.807) is 0 Å². The second-order valence-electron chi connectivity index (χ2n) is 7.43. The first-order valence-corrected chi connectivity index (χ1v) is 10.4. The fourth-order valence-corrected chi connectivity index (χ4v) is 3.60. The van der Waals surface area contributed by atoms with Crippen molar-refractivity contribution >= 4 is 5.96 Å². The molecule has 3 rings (SSSR count). The van der Waals surface area contributed by atoms with Crippen LogP contribution < -0.4 is 10.6 Å². The highest BCUT2D eigenvalue weighted by molar-refractivity contribution is 5.80. The summed E-state index contributed by atoms with van der Waals surface area (Å²) >= 11 is 0. The van der Waals surface area contributed by atoms with Crippen LogP contribution in [0.4, 0.5) is 8.78 Å². The number of hydrogen-bond donors (Lipinski definition) is 2. The summed E-state index contributed by atoms with van der Waals surface area (Å²) in [6, 6.07) is 14.6. The molecule has 0 saturated carbocycles. The van der Waals surface area contributed by atoms with Gasteiger partial charge in [0.15, 0.2) is 5.96 Å². The van der Waals surface area contributed by atoms with Crippen molar-refractivity contribution in [1.29, 1.82) is 0 Å². The van der Waals surface area contributed by atoms with E-state index in [1.807, 2.05) is 13.0 Å². The van der Waals surface area contributed by atoms with Crippen molar-refractivity contribution in [3.63, 3.8) is 0 Å². The van der Waals surface area contributed by atoms with Gasteiger partial charge in [0.2, 0.25) is 0 Å². The molecule has 0 unspecified atom stereocenters. The summed E-state index contributed by atoms with van der Waals surface area (Å²) in [4.78, 5) is 7.05. The highest BCUT2D eigenvalue weighted by Crippen LogP contribution is 2.14. The van der Waals surface area contributed by atoms with Crippen LogP contribution in [0.3, 0.4) is 0 Å². The van der Waals surface area contributed by atoms with Gasteiger partial charge in [0.05, 0.1) is 0 Å². The first-order valence-electron chi connectivity index (χ1n) is 10.4. The molecular weight excluding hydrogens is 370 g/mol. The number of rotatable bonds is 7. The van der Waals surface area contributed by atoms with E-state index in [0.29, 0.717) is 24.6 Å². The van der Waals surface area contributed by atoms with E-state index in [0.717, 1.165) is 51.0 Å². The summed E-state index contributed by atoms with van der Waals surface area (Å²) in [6.45, 7) is 6.33. The Balaban J connectivity index is 1.47. The Bertz CT molecular complexity index is 787. The fourth-order valence-electron chi connectivity index (χ4n) is 3.60. The molecular formula is C23H30F2N4. The Morgan fingerprint density at radius 1 is 1.10 bits per heavy atom. The zero-order valence-corrected chi connectivity index (χ0v) is 17.0. The summed E-state index contributed by atoms with van der Waals surface area (Å²) in [5.74, 6) is -0.302. The highest BCUT2D eigenvalue weighted by atomic mass is 19.1. The van der Waals surface area contributed by atoms with Crippen molar-refractivity contribution in [2.24, 2.45) is 4.99 Å². The molecule has 0 atom stereocenters. The van der Waals surface area contributed by atoms with E-state index in [2.05, 4.69) is 44.8 Å². The van der Waals surface area contributed by atoms with Crippen LogP contribution in [0.1, 0.15) is 30.9 Å². The van der Waals surface area contributed by atoms with Crippen LogP contribution in [0.5, 0.6) is 0 Å². The lowest BCUT2D eigenvalue weighted by atomic mass is 10.0. The molecule has 1 heterocycles. The number of guanidine groups is 1. The number of piperidine rings is 1. The number of likely N-dealkylation sites (tertiary alicyclic amines) is 1. The van der Waals surface area contributed by atoms with E-state index in [-0.39, 0.29) is 0 Å². The van der Waals surface area contributed by atoms with Gasteiger partial charge < -0.3 is 10.6 Å². The zero-order chi connectivity index (χ0) is 20.5. The van der Waals surface area contributed by atoms with Crippen molar-refractivity contribution < 1.29 is 8.78 Å². The van der Waals surface area contributed by atoms with E-state index in [9.17, 15) is 8.78 Å². The SMILES string of the molecule is CCNC(=NCCc1ccc(F)cc1F)NC1CCN(Cc2ccccc2)CC1. The lowest BCUT2D eigenvalue weighted by Gasteiger charge is -2.33. The predicted octanol–water partition coefficient (Wildman–Crippen LogP) is 3.73. The molecule has 1 aliphatic rings. The largest absolute Gasteiger partial charge is 0.357 e. The average molecular weight is 401 g/mol. The van der Waals surface area contributed by atoms with Gasteiger partial charge in [-0.2, -0.15) is 0 Å². The normalized spacial score (nSPS) is 16.0. The highest BCUT2D eigenvalue weighted by Gasteiger charge is 2.20. The molecule has 1 saturated heterocycles. The van der Waals surface area contributed by atoms with Gasteiger partial charge in [-0.25, -0.2) is 8.78 Å². The second kappa shape index (κ2) is 10.9. The van der Waals surface area contributed by atoms with Crippen molar-refractivity contribution in [1.82, 2.24) is 15.5 Å². The molecule has 0 spiro atoms. The molecule has 29 heavy (non-hydrogen) atoms. The molecule has 1 fully saturated rings. The molecule has 1 aliphatic heterocycles. The van der Waals surface area contributed by atoms with Crippen LogP contribution in [-0.4, -0.2) is 43.1 Å². The summed E-state index contributed by atoms with van der Waals surface area (Å²) in [5.41, 5.74) is 1.84. The van der Waals surface area contributed by atoms with Crippen LogP contribution in [0.2, 0.25) is 0 Å². The van der Waals surface area contributed by atoms with Crippen molar-refractivity contribution in [2.45, 2.75) is 38.8 Å². The minimum absolute atomic E-state index is 0.377. The standard InChI is InChI=1S/C23H30F2N4/c1-2-26-23(27-13-10-19-8-9-20(24)16-22(19)25)28-21-11-14-29(15-12-21)17-18-6-4-3-5-7-18/h3-9,16,21H,2,10-15,17H2,1H3,(H2,26,27,28). The summed E-state index contributed by atoms with van der Waals surface area (Å²) in [6.07, 6.45) is 2.56. The molecule has 2 aromatic carbocycles. The maximum atomic E-state index is 13.8. The number of halogens is 2. The monoisotopic (exact) mass is 400 g/mol. The molecule has 0 aliphatic carbocycles. The molecule has 2 N–H and O–H groups in total. The van der Waals surface area contributed by atoms with Gasteiger partial charge in [-0.15, -0.1) is 0 Å². The first kappa shape index (κ1) is 21.2. The third kappa shape index (κ3) is 6.82. The second-order valence-corrected chi connectivity index (χ2v) is 7.43. The van der Waals surface area contributed by atoms with Crippen LogP contribution in [-0.2, 0) is 13.0 Å². The molecule has 156 valence electrons. The summed E-state index contributed by atoms with van der Waals surface area (Å²) in [5, 5.41) is 6.77. The molecule has 6 heteroatoms. The van der Waals surface area contributed by atoms with Gasteiger partial charge in [0.1, 0.15) is 11.6 Å². The minimum atomic E-state index is -0.552. The third-order valence-electron chi connectivity index (χ3n) is 5.19. The molecule has 2 aromatic rings. The summed E-state index contributed by atoms with van der Waals surface area (Å²) in [7, 11) is 0. The lowest BCUT2D eigenvalue weighted by molar-refractivity contribution is 0.198. The van der Waals surface area contributed by atoms with Crippen molar-refractivity contribution in [2.75, 3.05) is 26.2 Å². The Morgan fingerprint density at radius 2 is 1.86 bits per heavy atom. The van der Waals surface area contributed by atoms with Gasteiger partial charge in [-0.1, -0.05) is 36.4 Å². The van der Waals surface area contributed by atoms with E-state index < -0.39 is 11.6 Å². The fraction of sp³-hybridized carbons (Fsp3) is 0.435. The van der Waals surface area contributed by atoms with Gasteiger partial charge in [-0.05, 0) is 43.4 Å². The average Bonchev–Trinajstić information content (AvgIpc) is 2.72.